The van der Waals surface area contributed by atoms with Crippen LogP contribution in [0.5, 0.6) is 23.0 Å². The van der Waals surface area contributed by atoms with Crippen molar-refractivity contribution in [3.63, 3.8) is 0 Å². The molecule has 0 aliphatic carbocycles. The molecule has 0 fully saturated rings. The average Bonchev–Trinajstić information content (AvgIpc) is 1.60. The molecule has 0 N–H and O–H groups in total. The SMILES string of the molecule is CC(C)(C)c1ccc(C(Oc2cccc3c2C2=NC3=NC3=NC(=NC4=NC(=NC5=NC(=N2)c2cccc(OC(c6ccc(C(C)(C)C)cc6)C(C)(C)C)c25)c2cccc(OC(c5ccc(C(C)(C)C)cc5)C(C)(C)C)c24)c2cccc(OC(c4ccc(C(C)(C)C)cc4)C(C)(C)C)c23)C(C)(C)C)cc1.[Cu]. The van der Waals surface area contributed by atoms with Crippen molar-refractivity contribution in [2.45, 2.75) is 212 Å². The molecule has 5 aliphatic heterocycles. The molecule has 8 bridgehead atoms. The number of hydrogen-bond donors (Lipinski definition) is 0. The summed E-state index contributed by atoms with van der Waals surface area (Å²) in [4.78, 5) is 44.6. The van der Waals surface area contributed by atoms with Gasteiger partial charge < -0.3 is 18.9 Å². The van der Waals surface area contributed by atoms with E-state index in [9.17, 15) is 0 Å². The van der Waals surface area contributed by atoms with Crippen LogP contribution in [-0.4, -0.2) is 46.7 Å². The van der Waals surface area contributed by atoms with Gasteiger partial charge in [0.25, 0.3) is 0 Å². The van der Waals surface area contributed by atoms with Gasteiger partial charge in [-0.1, -0.05) is 312 Å². The Morgan fingerprint density at radius 2 is 0.371 bits per heavy atom. The van der Waals surface area contributed by atoms with Crippen LogP contribution in [-0.2, 0) is 38.7 Å². The zero-order chi connectivity index (χ0) is 74.8. The van der Waals surface area contributed by atoms with Crippen LogP contribution in [0.2, 0.25) is 0 Å². The molecule has 0 saturated heterocycles. The molecular weight excluding hydrogens is 1340 g/mol. The summed E-state index contributed by atoms with van der Waals surface area (Å²) in [6, 6.07) is 59.5. The zero-order valence-corrected chi connectivity index (χ0v) is 66.9. The van der Waals surface area contributed by atoms with Crippen molar-refractivity contribution in [1.29, 1.82) is 0 Å². The molecule has 8 aromatic rings. The maximum atomic E-state index is 7.48. The second kappa shape index (κ2) is 27.3. The van der Waals surface area contributed by atoms with Crippen molar-refractivity contribution < 1.29 is 36.0 Å². The van der Waals surface area contributed by atoms with Crippen LogP contribution in [0.25, 0.3) is 0 Å². The van der Waals surface area contributed by atoms with Gasteiger partial charge in [0.2, 0.25) is 0 Å². The van der Waals surface area contributed by atoms with E-state index in [1.54, 1.807) is 0 Å². The number of nitrogens with zero attached hydrogens (tertiary/aromatic N) is 8. The Labute approximate surface area is 634 Å². The third-order valence-electron chi connectivity index (χ3n) is 20.1. The molecular formula is C92H104CuN8O4. The molecule has 1 radical (unpaired) electrons. The van der Waals surface area contributed by atoms with Crippen LogP contribution >= 0.6 is 0 Å². The third-order valence-corrected chi connectivity index (χ3v) is 20.1. The van der Waals surface area contributed by atoms with E-state index < -0.39 is 24.4 Å². The van der Waals surface area contributed by atoms with Crippen molar-refractivity contribution >= 4 is 46.7 Å². The van der Waals surface area contributed by atoms with Crippen molar-refractivity contribution in [3.05, 3.63) is 259 Å². The summed E-state index contributed by atoms with van der Waals surface area (Å²) in [6.45, 7) is 53.4. The summed E-state index contributed by atoms with van der Waals surface area (Å²) in [5, 5.41) is 0. The number of ether oxygens (including phenoxy) is 4. The Hall–Kier alpha value is -9.16. The number of benzene rings is 8. The second-order valence-corrected chi connectivity index (χ2v) is 37.1. The standard InChI is InChI=1S/C92H104N8O4.Cu/c1-85(2,3)57-45-37-53(38-46-57)73(89(13,14)15)101-65-33-25-29-61-69(65)81-93-77(61)98-82-71-63(31-27-35-67(71)103-75(91(19,20)21)55-41-49-59(50-42-55)87(7,8)9)79(95-82)100-84-72-64(32-28-36-68(72)104-76(92(22,23)24)56-43-51-60(52-44-56)88(10,11)12)80(96-84)99-83-70-62(78(94-83)97-81)30-26-34-66(70)102-74(90(16,17)18)54-39-47-58(48-40-54)86(4,5)6;/h25-52,73-76H,1-24H3;. The van der Waals surface area contributed by atoms with Gasteiger partial charge in [0.15, 0.2) is 46.7 Å². The minimum atomic E-state index is -0.401. The Balaban J connectivity index is 0.0000104. The molecule has 5 aliphatic rings. The molecule has 8 aromatic carbocycles. The van der Waals surface area contributed by atoms with Gasteiger partial charge in [-0.15, -0.1) is 0 Å². The third kappa shape index (κ3) is 15.3. The van der Waals surface area contributed by atoms with Crippen molar-refractivity contribution in [3.8, 4) is 23.0 Å². The maximum absolute atomic E-state index is 7.48. The Kier molecular flexibility index (Phi) is 19.6. The quantitative estimate of drug-likeness (QED) is 0.113. The molecule has 0 saturated carbocycles. The number of rotatable bonds is 12. The van der Waals surface area contributed by atoms with Gasteiger partial charge in [-0.2, -0.15) is 0 Å². The monoisotopic (exact) mass is 1450 g/mol. The second-order valence-electron chi connectivity index (χ2n) is 37.1. The van der Waals surface area contributed by atoms with Crippen LogP contribution in [0.3, 0.4) is 0 Å². The maximum Gasteiger partial charge on any atom is 0.168 e. The summed E-state index contributed by atoms with van der Waals surface area (Å²) in [5.74, 6) is 5.25. The van der Waals surface area contributed by atoms with E-state index in [0.29, 0.717) is 114 Å². The number of fused-ring (bicyclic) bond motifs is 16. The van der Waals surface area contributed by atoms with E-state index in [1.165, 1.54) is 22.3 Å². The predicted octanol–water partition coefficient (Wildman–Crippen LogP) is 22.7. The van der Waals surface area contributed by atoms with Crippen molar-refractivity contribution in [2.24, 2.45) is 61.6 Å². The molecule has 0 aromatic heterocycles. The van der Waals surface area contributed by atoms with Gasteiger partial charge in [-0.3, -0.25) is 0 Å². The fraction of sp³-hybridized carbons (Fsp3) is 0.391. The van der Waals surface area contributed by atoms with Gasteiger partial charge in [-0.05, 0) is 90.4 Å². The molecule has 4 atom stereocenters. The van der Waals surface area contributed by atoms with Crippen LogP contribution < -0.4 is 18.9 Å². The number of hydrogen-bond acceptors (Lipinski definition) is 12. The van der Waals surface area contributed by atoms with Crippen LogP contribution in [0.4, 0.5) is 0 Å². The zero-order valence-electron chi connectivity index (χ0n) is 66.0. The fourth-order valence-electron chi connectivity index (χ4n) is 14.2. The molecule has 4 unspecified atom stereocenters. The van der Waals surface area contributed by atoms with Gasteiger partial charge in [0, 0.05) is 61.0 Å². The summed E-state index contributed by atoms with van der Waals surface area (Å²) < 4.78 is 29.9. The van der Waals surface area contributed by atoms with E-state index in [1.807, 2.05) is 72.8 Å². The van der Waals surface area contributed by atoms with Gasteiger partial charge in [0.1, 0.15) is 47.4 Å². The first-order chi connectivity index (χ1) is 48.6. The van der Waals surface area contributed by atoms with Gasteiger partial charge >= 0.3 is 0 Å². The summed E-state index contributed by atoms with van der Waals surface area (Å²) in [6.07, 6.45) is -1.60. The number of amidine groups is 8. The first-order valence-corrected chi connectivity index (χ1v) is 36.9. The van der Waals surface area contributed by atoms with Crippen LogP contribution in [0, 0.1) is 21.7 Å². The Morgan fingerprint density at radius 1 is 0.210 bits per heavy atom. The molecule has 0 spiro atoms. The summed E-state index contributed by atoms with van der Waals surface area (Å²) >= 11 is 0. The van der Waals surface area contributed by atoms with E-state index >= 15 is 0 Å². The van der Waals surface area contributed by atoms with Crippen LogP contribution in [0.15, 0.2) is 210 Å². The van der Waals surface area contributed by atoms with Crippen molar-refractivity contribution in [2.75, 3.05) is 0 Å². The van der Waals surface area contributed by atoms with Crippen LogP contribution in [0.1, 0.15) is 280 Å². The molecule has 105 heavy (non-hydrogen) atoms. The minimum absolute atomic E-state index is 0. The molecule has 5 heterocycles. The summed E-state index contributed by atoms with van der Waals surface area (Å²) in [5.41, 5.74) is 12.9. The Morgan fingerprint density at radius 3 is 0.524 bits per heavy atom. The normalized spacial score (nSPS) is 16.2. The topological polar surface area (TPSA) is 136 Å². The fourth-order valence-corrected chi connectivity index (χ4v) is 14.2. The van der Waals surface area contributed by atoms with E-state index in [0.717, 1.165) is 22.3 Å². The predicted molar refractivity (Wildman–Crippen MR) is 430 cm³/mol. The first kappa shape index (κ1) is 75.5. The summed E-state index contributed by atoms with van der Waals surface area (Å²) in [7, 11) is 0. The molecule has 13 heteroatoms. The molecule has 12 nitrogen and oxygen atoms in total. The molecule has 547 valence electrons. The largest absolute Gasteiger partial charge is 0.484 e. The first-order valence-electron chi connectivity index (χ1n) is 36.9. The van der Waals surface area contributed by atoms with Crippen molar-refractivity contribution in [1.82, 2.24) is 0 Å². The Bertz CT molecular complexity index is 4320. The van der Waals surface area contributed by atoms with Gasteiger partial charge in [-0.25, -0.2) is 39.9 Å². The molecule has 13 rings (SSSR count). The average molecular weight is 1450 g/mol. The van der Waals surface area contributed by atoms with Gasteiger partial charge in [0.05, 0.1) is 22.3 Å². The smallest absolute Gasteiger partial charge is 0.168 e. The van der Waals surface area contributed by atoms with E-state index in [-0.39, 0.29) is 60.4 Å². The number of aliphatic imine (C=N–C) groups is 8. The molecule has 0 amide bonds. The van der Waals surface area contributed by atoms with E-state index in [4.69, 9.17) is 58.9 Å². The minimum Gasteiger partial charge on any atom is -0.484 e. The van der Waals surface area contributed by atoms with E-state index in [2.05, 4.69) is 263 Å².